The normalized spacial score (nSPS) is 15.7. The number of piperazine rings is 1. The maximum absolute atomic E-state index is 11.5. The van der Waals surface area contributed by atoms with Gasteiger partial charge in [-0.25, -0.2) is 0 Å². The molecule has 1 fully saturated rings. The van der Waals surface area contributed by atoms with Gasteiger partial charge in [0.15, 0.2) is 0 Å². The van der Waals surface area contributed by atoms with Crippen LogP contribution < -0.4 is 15.5 Å². The highest BCUT2D eigenvalue weighted by atomic mass is 79.9. The molecule has 0 unspecified atom stereocenters. The predicted octanol–water partition coefficient (Wildman–Crippen LogP) is 1.41. The van der Waals surface area contributed by atoms with Crippen LogP contribution >= 0.6 is 15.9 Å². The molecule has 0 atom stereocenters. The number of amides is 2. The van der Waals surface area contributed by atoms with Crippen LogP contribution in [0, 0.1) is 0 Å². The molecule has 20 heavy (non-hydrogen) atoms. The van der Waals surface area contributed by atoms with E-state index in [0.717, 1.165) is 15.7 Å². The topological polar surface area (TPSA) is 61.4 Å². The van der Waals surface area contributed by atoms with Crippen molar-refractivity contribution in [1.29, 1.82) is 0 Å². The third-order valence-electron chi connectivity index (χ3n) is 3.04. The molecule has 1 aliphatic rings. The Hall–Kier alpha value is -1.40. The Bertz CT molecular complexity index is 515. The van der Waals surface area contributed by atoms with E-state index in [-0.39, 0.29) is 24.9 Å². The minimum Gasteiger partial charge on any atom is -0.353 e. The Balaban J connectivity index is 2.26. The lowest BCUT2D eigenvalue weighted by Crippen LogP contribution is -2.51. The van der Waals surface area contributed by atoms with Gasteiger partial charge in [-0.15, -0.1) is 0 Å². The summed E-state index contributed by atoms with van der Waals surface area (Å²) in [6, 6.07) is 6.29. The Labute approximate surface area is 126 Å². The van der Waals surface area contributed by atoms with Gasteiger partial charge in [-0.1, -0.05) is 35.8 Å². The molecule has 0 radical (unpaired) electrons. The van der Waals surface area contributed by atoms with E-state index >= 15 is 0 Å². The van der Waals surface area contributed by atoms with E-state index in [1.807, 2.05) is 23.1 Å². The molecular formula is C14H18BrN3O2. The summed E-state index contributed by atoms with van der Waals surface area (Å²) >= 11 is 3.44. The van der Waals surface area contributed by atoms with E-state index < -0.39 is 0 Å². The highest BCUT2D eigenvalue weighted by molar-refractivity contribution is 9.10. The number of hydrogen-bond acceptors (Lipinski definition) is 4. The molecule has 2 amide bonds. The minimum atomic E-state index is -0.260. The Morgan fingerprint density at radius 3 is 2.55 bits per heavy atom. The van der Waals surface area contributed by atoms with Gasteiger partial charge in [-0.3, -0.25) is 14.9 Å². The van der Waals surface area contributed by atoms with Gasteiger partial charge in [0.05, 0.1) is 13.1 Å². The molecule has 0 saturated carbocycles. The van der Waals surface area contributed by atoms with E-state index in [2.05, 4.69) is 40.4 Å². The Morgan fingerprint density at radius 2 is 1.95 bits per heavy atom. The van der Waals surface area contributed by atoms with Crippen molar-refractivity contribution in [3.8, 4) is 0 Å². The van der Waals surface area contributed by atoms with E-state index in [1.165, 1.54) is 0 Å². The second-order valence-electron chi connectivity index (χ2n) is 5.14. The lowest BCUT2D eigenvalue weighted by atomic mass is 10.1. The third kappa shape index (κ3) is 3.80. The maximum atomic E-state index is 11.5. The zero-order valence-electron chi connectivity index (χ0n) is 11.6. The van der Waals surface area contributed by atoms with Gasteiger partial charge in [-0.2, -0.15) is 0 Å². The van der Waals surface area contributed by atoms with Crippen molar-refractivity contribution in [2.45, 2.75) is 26.4 Å². The molecule has 0 bridgehead atoms. The molecule has 2 N–H and O–H groups in total. The monoisotopic (exact) mass is 339 g/mol. The van der Waals surface area contributed by atoms with Gasteiger partial charge < -0.3 is 10.2 Å². The van der Waals surface area contributed by atoms with E-state index in [1.54, 1.807) is 0 Å². The predicted molar refractivity (Wildman–Crippen MR) is 81.5 cm³/mol. The van der Waals surface area contributed by atoms with Gasteiger partial charge in [0.1, 0.15) is 0 Å². The highest BCUT2D eigenvalue weighted by Crippen LogP contribution is 2.26. The van der Waals surface area contributed by atoms with Crippen molar-refractivity contribution in [3.63, 3.8) is 0 Å². The summed E-state index contributed by atoms with van der Waals surface area (Å²) in [7, 11) is 0. The van der Waals surface area contributed by atoms with Crippen molar-refractivity contribution < 1.29 is 9.59 Å². The first kappa shape index (κ1) is 15.0. The van der Waals surface area contributed by atoms with Crippen LogP contribution in [0.15, 0.2) is 22.7 Å². The number of nitrogens with zero attached hydrogens (tertiary/aromatic N) is 1. The number of hydrogen-bond donors (Lipinski definition) is 2. The standard InChI is InChI=1S/C14H18BrN3O2/c1-9(2)16-6-10-3-4-11(15)5-12(10)18-7-13(19)17-14(20)8-18/h3-5,9,16H,6-8H2,1-2H3,(H,17,19,20). The molecule has 108 valence electrons. The van der Waals surface area contributed by atoms with E-state index in [0.29, 0.717) is 12.6 Å². The first-order valence-electron chi connectivity index (χ1n) is 6.55. The lowest BCUT2D eigenvalue weighted by molar-refractivity contribution is -0.130. The summed E-state index contributed by atoms with van der Waals surface area (Å²) in [5.74, 6) is -0.520. The fraction of sp³-hybridized carbons (Fsp3) is 0.429. The zero-order chi connectivity index (χ0) is 14.7. The van der Waals surface area contributed by atoms with Gasteiger partial charge in [0, 0.05) is 22.7 Å². The molecule has 6 heteroatoms. The third-order valence-corrected chi connectivity index (χ3v) is 3.53. The second kappa shape index (κ2) is 6.37. The van der Waals surface area contributed by atoms with Gasteiger partial charge in [0.25, 0.3) is 0 Å². The molecule has 5 nitrogen and oxygen atoms in total. The summed E-state index contributed by atoms with van der Waals surface area (Å²) in [6.45, 7) is 5.27. The number of anilines is 1. The van der Waals surface area contributed by atoms with Crippen molar-refractivity contribution in [2.75, 3.05) is 18.0 Å². The minimum absolute atomic E-state index is 0.205. The average molecular weight is 340 g/mol. The van der Waals surface area contributed by atoms with E-state index in [4.69, 9.17) is 0 Å². The second-order valence-corrected chi connectivity index (χ2v) is 6.05. The first-order chi connectivity index (χ1) is 9.45. The molecule has 0 aliphatic carbocycles. The summed E-state index contributed by atoms with van der Waals surface area (Å²) in [6.07, 6.45) is 0. The number of rotatable bonds is 4. The summed E-state index contributed by atoms with van der Waals surface area (Å²) in [4.78, 5) is 24.8. The summed E-state index contributed by atoms with van der Waals surface area (Å²) in [5, 5.41) is 5.67. The summed E-state index contributed by atoms with van der Waals surface area (Å²) < 4.78 is 0.930. The van der Waals surface area contributed by atoms with Crippen LogP contribution in [0.5, 0.6) is 0 Å². The largest absolute Gasteiger partial charge is 0.353 e. The molecule has 0 aromatic heterocycles. The Kier molecular flexibility index (Phi) is 4.77. The molecule has 1 saturated heterocycles. The zero-order valence-corrected chi connectivity index (χ0v) is 13.2. The molecule has 0 spiro atoms. The molecular weight excluding hydrogens is 322 g/mol. The van der Waals surface area contributed by atoms with Crippen LogP contribution in [0.2, 0.25) is 0 Å². The highest BCUT2D eigenvalue weighted by Gasteiger charge is 2.24. The van der Waals surface area contributed by atoms with Crippen molar-refractivity contribution in [3.05, 3.63) is 28.2 Å². The number of imide groups is 1. The van der Waals surface area contributed by atoms with Crippen LogP contribution in [-0.2, 0) is 16.1 Å². The summed E-state index contributed by atoms with van der Waals surface area (Å²) in [5.41, 5.74) is 1.99. The van der Waals surface area contributed by atoms with Gasteiger partial charge in [0.2, 0.25) is 11.8 Å². The number of carbonyl (C=O) groups is 2. The molecule has 1 aliphatic heterocycles. The van der Waals surface area contributed by atoms with Crippen LogP contribution in [0.25, 0.3) is 0 Å². The van der Waals surface area contributed by atoms with Crippen LogP contribution in [0.4, 0.5) is 5.69 Å². The van der Waals surface area contributed by atoms with E-state index in [9.17, 15) is 9.59 Å². The van der Waals surface area contributed by atoms with Crippen LogP contribution in [-0.4, -0.2) is 30.9 Å². The fourth-order valence-electron chi connectivity index (χ4n) is 2.10. The van der Waals surface area contributed by atoms with Crippen LogP contribution in [0.3, 0.4) is 0 Å². The van der Waals surface area contributed by atoms with Gasteiger partial charge >= 0.3 is 0 Å². The molecule has 2 rings (SSSR count). The molecule has 1 aromatic rings. The number of benzene rings is 1. The first-order valence-corrected chi connectivity index (χ1v) is 7.34. The van der Waals surface area contributed by atoms with Crippen molar-refractivity contribution in [1.82, 2.24) is 10.6 Å². The maximum Gasteiger partial charge on any atom is 0.246 e. The fourth-order valence-corrected chi connectivity index (χ4v) is 2.45. The number of halogens is 1. The van der Waals surface area contributed by atoms with Crippen LogP contribution in [0.1, 0.15) is 19.4 Å². The number of nitrogens with one attached hydrogen (secondary N) is 2. The molecule has 1 heterocycles. The lowest BCUT2D eigenvalue weighted by Gasteiger charge is -2.29. The Morgan fingerprint density at radius 1 is 1.30 bits per heavy atom. The quantitative estimate of drug-likeness (QED) is 0.814. The average Bonchev–Trinajstić information content (AvgIpc) is 2.36. The van der Waals surface area contributed by atoms with Crippen molar-refractivity contribution in [2.24, 2.45) is 0 Å². The smallest absolute Gasteiger partial charge is 0.246 e. The molecule has 1 aromatic carbocycles. The van der Waals surface area contributed by atoms with Crippen molar-refractivity contribution >= 4 is 33.4 Å². The van der Waals surface area contributed by atoms with Gasteiger partial charge in [-0.05, 0) is 17.7 Å². The number of carbonyl (C=O) groups excluding carboxylic acids is 2. The SMILES string of the molecule is CC(C)NCc1ccc(Br)cc1N1CC(=O)NC(=O)C1.